The SMILES string of the molecule is CC(=O)C[C@@H](NC(=O)[C@@H]1C[C@H](Oc2cccc(C3CCC([C@H](NC(=O)[C@@H]4[C@H]5CC(C6CCC([C@H](NC(=O)[C@@H]7COCCN7I)C(C)=O)CC6)C[C@H]5CN4I)C(C)=O)CC3)c2)CN1I)C1CCCCC1. The minimum atomic E-state index is -0.506. The number of hydrogen-bond acceptors (Lipinski definition) is 11. The highest BCUT2D eigenvalue weighted by molar-refractivity contribution is 14.1. The summed E-state index contributed by atoms with van der Waals surface area (Å²) >= 11 is 6.76. The Morgan fingerprint density at radius 2 is 1.32 bits per heavy atom. The summed E-state index contributed by atoms with van der Waals surface area (Å²) in [5, 5.41) is 9.69. The van der Waals surface area contributed by atoms with Crippen molar-refractivity contribution in [1.29, 1.82) is 0 Å². The molecule has 4 saturated carbocycles. The van der Waals surface area contributed by atoms with Crippen LogP contribution in [0.2, 0.25) is 0 Å². The van der Waals surface area contributed by atoms with Crippen LogP contribution >= 0.6 is 68.6 Å². The number of nitrogens with zero attached hydrogens (tertiary/aromatic N) is 3. The first kappa shape index (κ1) is 53.8. The van der Waals surface area contributed by atoms with E-state index >= 15 is 0 Å². The summed E-state index contributed by atoms with van der Waals surface area (Å²) in [5.74, 6) is 3.46. The Bertz CT molecular complexity index is 1990. The van der Waals surface area contributed by atoms with E-state index in [1.165, 1.54) is 12.0 Å². The number of fused-ring (bicyclic) bond motifs is 1. The zero-order valence-electron chi connectivity index (χ0n) is 40.8. The van der Waals surface area contributed by atoms with Crippen LogP contribution in [-0.4, -0.2) is 120 Å². The van der Waals surface area contributed by atoms with Gasteiger partial charge in [0.1, 0.15) is 35.8 Å². The molecule has 3 aliphatic heterocycles. The summed E-state index contributed by atoms with van der Waals surface area (Å²) < 4.78 is 18.3. The van der Waals surface area contributed by atoms with Gasteiger partial charge in [0.05, 0.1) is 25.3 Å². The number of hydrogen-bond donors (Lipinski definition) is 3. The number of carbonyl (C=O) groups excluding carboxylic acids is 6. The Balaban J connectivity index is 0.798. The number of benzene rings is 1. The van der Waals surface area contributed by atoms with Gasteiger partial charge in [0.2, 0.25) is 17.7 Å². The molecule has 10 atom stereocenters. The Morgan fingerprint density at radius 3 is 1.97 bits per heavy atom. The van der Waals surface area contributed by atoms with Crippen molar-refractivity contribution in [3.05, 3.63) is 29.8 Å². The Kier molecular flexibility index (Phi) is 19.2. The minimum Gasteiger partial charge on any atom is -0.489 e. The first-order chi connectivity index (χ1) is 33.1. The largest absolute Gasteiger partial charge is 0.489 e. The maximum atomic E-state index is 14.3. The van der Waals surface area contributed by atoms with Crippen LogP contribution in [0.15, 0.2) is 24.3 Å². The molecule has 1 aromatic rings. The van der Waals surface area contributed by atoms with Crippen LogP contribution in [0, 0.1) is 41.4 Å². The number of amides is 3. The monoisotopic (exact) mass is 1290 g/mol. The van der Waals surface area contributed by atoms with Crippen molar-refractivity contribution in [2.24, 2.45) is 41.4 Å². The molecule has 382 valence electrons. The van der Waals surface area contributed by atoms with Crippen molar-refractivity contribution in [3.8, 4) is 5.75 Å². The molecule has 1 aromatic carbocycles. The van der Waals surface area contributed by atoms with Crippen molar-refractivity contribution in [2.75, 3.05) is 32.8 Å². The predicted octanol–water partition coefficient (Wildman–Crippen LogP) is 7.86. The average molecular weight is 1290 g/mol. The van der Waals surface area contributed by atoms with Crippen LogP contribution in [0.4, 0.5) is 0 Å². The fourth-order valence-corrected chi connectivity index (χ4v) is 16.4. The van der Waals surface area contributed by atoms with Gasteiger partial charge in [-0.15, -0.1) is 0 Å². The Labute approximate surface area is 451 Å². The van der Waals surface area contributed by atoms with Gasteiger partial charge >= 0.3 is 0 Å². The van der Waals surface area contributed by atoms with Crippen molar-refractivity contribution in [3.63, 3.8) is 0 Å². The second-order valence-corrected chi connectivity index (χ2v) is 25.7. The summed E-state index contributed by atoms with van der Waals surface area (Å²) in [7, 11) is 0. The van der Waals surface area contributed by atoms with Gasteiger partial charge in [-0.05, 0) is 163 Å². The normalized spacial score (nSPS) is 34.0. The number of nitrogens with one attached hydrogen (secondary N) is 3. The van der Waals surface area contributed by atoms with E-state index in [2.05, 4.69) is 106 Å². The Morgan fingerprint density at radius 1 is 0.667 bits per heavy atom. The molecule has 3 saturated heterocycles. The molecule has 7 fully saturated rings. The molecule has 0 aromatic heterocycles. The molecular weight excluding hydrogens is 1220 g/mol. The number of morpholine rings is 1. The number of rotatable bonds is 17. The molecule has 0 radical (unpaired) electrons. The molecule has 3 amide bonds. The number of carbonyl (C=O) groups is 6. The molecular formula is C52H75I3N6O8. The van der Waals surface area contributed by atoms with Gasteiger partial charge in [-0.1, -0.05) is 31.4 Å². The molecule has 8 rings (SSSR count). The standard InChI is InChI=1S/C52H75I3N6O8/c1-30(62)22-44(35-8-5-4-6-9-35)56-50(65)45-26-42(28-60(45)54)69-41-11-7-10-38(24-41)33-12-16-37(17-13-33)48(32(3)64)58-52(67)49-43-25-39(23-40(43)27-61(49)55)34-14-18-36(19-15-34)47(31(2)63)57-51(66)46-29-68-21-20-59(46)53/h7,10-11,24,33-37,39-40,42-49H,4-6,8-9,12-23,25-29H2,1-3H3,(H,56,65)(H,57,66)(H,58,67)/t33?,34?,36?,37?,39?,40-,42-,43-,44+,45-,46-,47+,48+,49-/m0/s1. The first-order valence-electron chi connectivity index (χ1n) is 26.2. The van der Waals surface area contributed by atoms with Crippen LogP contribution in [0.5, 0.6) is 5.75 Å². The van der Waals surface area contributed by atoms with Crippen LogP contribution in [0.25, 0.3) is 0 Å². The maximum Gasteiger partial charge on any atom is 0.241 e. The minimum absolute atomic E-state index is 0.0145. The third-order valence-corrected chi connectivity index (χ3v) is 20.6. The van der Waals surface area contributed by atoms with Crippen molar-refractivity contribution >= 4 is 104 Å². The van der Waals surface area contributed by atoms with E-state index in [0.717, 1.165) is 102 Å². The molecule has 7 aliphatic rings. The topological polar surface area (TPSA) is 167 Å². The average Bonchev–Trinajstić information content (AvgIpc) is 4.01. The van der Waals surface area contributed by atoms with Gasteiger partial charge in [0.15, 0.2) is 11.6 Å². The third kappa shape index (κ3) is 13.4. The number of halogens is 3. The highest BCUT2D eigenvalue weighted by Crippen LogP contribution is 2.52. The van der Waals surface area contributed by atoms with E-state index < -0.39 is 12.1 Å². The first-order valence-corrected chi connectivity index (χ1v) is 29.1. The van der Waals surface area contributed by atoms with Crippen LogP contribution in [-0.2, 0) is 33.5 Å². The van der Waals surface area contributed by atoms with Gasteiger partial charge in [-0.25, -0.2) is 9.34 Å². The lowest BCUT2D eigenvalue weighted by Crippen LogP contribution is -2.55. The van der Waals surface area contributed by atoms with E-state index in [-0.39, 0.29) is 83.1 Å². The van der Waals surface area contributed by atoms with Crippen LogP contribution < -0.4 is 20.7 Å². The fourth-order valence-electron chi connectivity index (χ4n) is 13.7. The predicted molar refractivity (Wildman–Crippen MR) is 289 cm³/mol. The molecule has 69 heavy (non-hydrogen) atoms. The van der Waals surface area contributed by atoms with Gasteiger partial charge in [-0.3, -0.25) is 28.8 Å². The van der Waals surface area contributed by atoms with Crippen molar-refractivity contribution < 1.29 is 38.2 Å². The summed E-state index contributed by atoms with van der Waals surface area (Å²) in [6, 6.07) is 6.31. The van der Waals surface area contributed by atoms with E-state index in [1.54, 1.807) is 20.8 Å². The van der Waals surface area contributed by atoms with Crippen LogP contribution in [0.3, 0.4) is 0 Å². The summed E-state index contributed by atoms with van der Waals surface area (Å²) in [5.41, 5.74) is 1.22. The number of ketones is 3. The molecule has 0 spiro atoms. The number of Topliss-reactive ketones (excluding diaryl/α,β-unsaturated/α-hetero) is 3. The molecule has 4 aliphatic carbocycles. The van der Waals surface area contributed by atoms with Crippen molar-refractivity contribution in [1.82, 2.24) is 25.3 Å². The molecule has 3 heterocycles. The van der Waals surface area contributed by atoms with Crippen molar-refractivity contribution in [2.45, 2.75) is 178 Å². The van der Waals surface area contributed by atoms with Gasteiger partial charge < -0.3 is 25.4 Å². The van der Waals surface area contributed by atoms with E-state index in [0.29, 0.717) is 68.7 Å². The summed E-state index contributed by atoms with van der Waals surface area (Å²) in [6.07, 6.45) is 16.0. The summed E-state index contributed by atoms with van der Waals surface area (Å²) in [4.78, 5) is 79.4. The second-order valence-electron chi connectivity index (χ2n) is 21.9. The highest BCUT2D eigenvalue weighted by Gasteiger charge is 2.52. The maximum absolute atomic E-state index is 14.3. The smallest absolute Gasteiger partial charge is 0.241 e. The van der Waals surface area contributed by atoms with Gasteiger partial charge in [0, 0.05) is 107 Å². The lowest BCUT2D eigenvalue weighted by atomic mass is 9.72. The van der Waals surface area contributed by atoms with Gasteiger partial charge in [0.25, 0.3) is 0 Å². The molecule has 1 unspecified atom stereocenters. The van der Waals surface area contributed by atoms with E-state index in [9.17, 15) is 28.8 Å². The van der Waals surface area contributed by atoms with E-state index in [4.69, 9.17) is 9.47 Å². The molecule has 0 bridgehead atoms. The van der Waals surface area contributed by atoms with Gasteiger partial charge in [-0.2, -0.15) is 0 Å². The molecule has 14 nitrogen and oxygen atoms in total. The van der Waals surface area contributed by atoms with E-state index in [1.807, 2.05) is 12.3 Å². The summed E-state index contributed by atoms with van der Waals surface area (Å²) in [6.45, 7) is 7.97. The number of ether oxygens (including phenoxy) is 2. The lowest BCUT2D eigenvalue weighted by molar-refractivity contribution is -0.133. The quantitative estimate of drug-likeness (QED) is 0.103. The molecule has 17 heteroatoms. The highest BCUT2D eigenvalue weighted by atomic mass is 127. The second kappa shape index (κ2) is 24.7. The third-order valence-electron chi connectivity index (χ3n) is 17.4. The zero-order valence-corrected chi connectivity index (χ0v) is 47.2. The molecule has 3 N–H and O–H groups in total. The lowest BCUT2D eigenvalue weighted by Gasteiger charge is -2.37. The van der Waals surface area contributed by atoms with Crippen LogP contribution in [0.1, 0.15) is 141 Å². The Hall–Kier alpha value is -1.53. The zero-order chi connectivity index (χ0) is 48.9. The fraction of sp³-hybridized carbons (Fsp3) is 0.769.